The van der Waals surface area contributed by atoms with Gasteiger partial charge in [-0.25, -0.2) is 15.0 Å². The Hall–Kier alpha value is -7.43. The summed E-state index contributed by atoms with van der Waals surface area (Å²) in [5.74, 6) is -0.333. The van der Waals surface area contributed by atoms with Crippen LogP contribution < -0.4 is 0 Å². The zero-order chi connectivity index (χ0) is 39.4. The van der Waals surface area contributed by atoms with E-state index < -0.39 is 5.79 Å². The van der Waals surface area contributed by atoms with Gasteiger partial charge in [0.1, 0.15) is 5.82 Å². The van der Waals surface area contributed by atoms with Crippen LogP contribution in [0.3, 0.4) is 0 Å². The van der Waals surface area contributed by atoms with Crippen molar-refractivity contribution in [3.8, 4) is 33.9 Å². The number of benzene rings is 9. The Labute approximate surface area is 348 Å². The summed E-state index contributed by atoms with van der Waals surface area (Å²) in [5.41, 5.74) is 15.4. The van der Waals surface area contributed by atoms with Crippen molar-refractivity contribution in [2.75, 3.05) is 0 Å². The highest BCUT2D eigenvalue weighted by molar-refractivity contribution is 6.54. The maximum Gasteiger partial charge on any atom is 0.261 e. The zero-order valence-corrected chi connectivity index (χ0v) is 32.9. The molecule has 60 heavy (non-hydrogen) atoms. The molecule has 0 saturated carbocycles. The third-order valence-corrected chi connectivity index (χ3v) is 13.2. The lowest BCUT2D eigenvalue weighted by molar-refractivity contribution is 0.406. The summed E-state index contributed by atoms with van der Waals surface area (Å²) in [5, 5.41) is 7.49. The fourth-order valence-corrected chi connectivity index (χ4v) is 10.3. The summed E-state index contributed by atoms with van der Waals surface area (Å²) in [6, 6.07) is 66.6. The van der Waals surface area contributed by atoms with E-state index in [4.69, 9.17) is 15.0 Å². The summed E-state index contributed by atoms with van der Waals surface area (Å²) >= 11 is 0. The molecule has 0 radical (unpaired) electrons. The van der Waals surface area contributed by atoms with Gasteiger partial charge in [0.15, 0.2) is 0 Å². The van der Waals surface area contributed by atoms with E-state index in [1.807, 2.05) is 0 Å². The fraction of sp³-hybridized carbons (Fsp3) is 0.0893. The van der Waals surface area contributed by atoms with Crippen molar-refractivity contribution < 1.29 is 0 Å². The standard InChI is InChI=1S/C56H38N4/c1-4-11-42(12-5-1)51-52(43-13-6-2-7-14-43)59-56(58-51)48-34-36-20-19-35-21-23-37(25-26-38(48)24-22-36)47(33-35)55-57-53(54(60(55)56)44-15-8-3-9-16-44)46-32-30-41-28-27-39-17-10-18-40-29-31-45(46)50(41)49(39)40/h1-18,21-24,27-34H,19-20,25-26H2. The van der Waals surface area contributed by atoms with Gasteiger partial charge in [-0.3, -0.25) is 4.57 Å². The topological polar surface area (TPSA) is 42.5 Å². The highest BCUT2D eigenvalue weighted by atomic mass is 15.4. The van der Waals surface area contributed by atoms with Gasteiger partial charge in [0.05, 0.1) is 22.8 Å². The Morgan fingerprint density at radius 2 is 1.00 bits per heavy atom. The van der Waals surface area contributed by atoms with Gasteiger partial charge in [-0.15, -0.1) is 0 Å². The first-order valence-corrected chi connectivity index (χ1v) is 21.1. The molecule has 4 bridgehead atoms. The van der Waals surface area contributed by atoms with Crippen LogP contribution in [0.15, 0.2) is 192 Å². The molecule has 0 fully saturated rings. The molecule has 0 aliphatic carbocycles. The summed E-state index contributed by atoms with van der Waals surface area (Å²) in [4.78, 5) is 18.1. The maximum atomic E-state index is 6.06. The van der Waals surface area contributed by atoms with Gasteiger partial charge in [0.2, 0.25) is 0 Å². The van der Waals surface area contributed by atoms with Gasteiger partial charge in [-0.1, -0.05) is 170 Å². The molecular weight excluding hydrogens is 729 g/mol. The number of hydrogen-bond acceptors (Lipinski definition) is 3. The first kappa shape index (κ1) is 33.5. The Morgan fingerprint density at radius 1 is 0.433 bits per heavy atom. The first-order valence-electron chi connectivity index (χ1n) is 21.1. The van der Waals surface area contributed by atoms with Crippen LogP contribution >= 0.6 is 0 Å². The van der Waals surface area contributed by atoms with E-state index in [0.717, 1.165) is 87.7 Å². The van der Waals surface area contributed by atoms with Crippen LogP contribution in [0.2, 0.25) is 0 Å². The molecule has 4 nitrogen and oxygen atoms in total. The molecule has 0 atom stereocenters. The van der Waals surface area contributed by atoms with Crippen molar-refractivity contribution in [3.63, 3.8) is 0 Å². The molecule has 282 valence electrons. The number of aromatic nitrogens is 2. The molecule has 3 aliphatic heterocycles. The largest absolute Gasteiger partial charge is 0.275 e. The zero-order valence-electron chi connectivity index (χ0n) is 32.9. The SMILES string of the molecule is c1ccc(C2=NC3(N=C2c2ccccc2)c2cc4ccc2CCc2ccc(cc2-c2nc(-c5ccc6ccc7cccc8ccc5c6c78)c(-c5ccccc5)n23)CC4)cc1. The molecule has 10 aromatic rings. The van der Waals surface area contributed by atoms with Gasteiger partial charge >= 0.3 is 0 Å². The molecular formula is C56H38N4. The van der Waals surface area contributed by atoms with E-state index in [2.05, 4.69) is 187 Å². The Bertz CT molecular complexity index is 3340. The van der Waals surface area contributed by atoms with Crippen molar-refractivity contribution in [2.45, 2.75) is 31.5 Å². The van der Waals surface area contributed by atoms with Gasteiger partial charge in [-0.05, 0) is 92.4 Å². The molecule has 0 saturated heterocycles. The van der Waals surface area contributed by atoms with Crippen molar-refractivity contribution in [2.24, 2.45) is 9.98 Å². The van der Waals surface area contributed by atoms with Crippen molar-refractivity contribution >= 4 is 43.7 Å². The normalized spacial score (nSPS) is 15.1. The smallest absolute Gasteiger partial charge is 0.261 e. The third kappa shape index (κ3) is 4.88. The molecule has 13 rings (SSSR count). The summed E-state index contributed by atoms with van der Waals surface area (Å²) in [7, 11) is 0. The van der Waals surface area contributed by atoms with Crippen LogP contribution in [0.1, 0.15) is 38.9 Å². The minimum atomic E-state index is -1.22. The van der Waals surface area contributed by atoms with E-state index in [1.54, 1.807) is 0 Å². The van der Waals surface area contributed by atoms with E-state index in [0.29, 0.717) is 0 Å². The predicted molar refractivity (Wildman–Crippen MR) is 247 cm³/mol. The molecule has 4 heterocycles. The van der Waals surface area contributed by atoms with Gasteiger partial charge in [0.25, 0.3) is 5.79 Å². The molecule has 0 amide bonds. The van der Waals surface area contributed by atoms with Crippen LogP contribution in [0.5, 0.6) is 0 Å². The van der Waals surface area contributed by atoms with Crippen molar-refractivity contribution in [1.82, 2.24) is 9.55 Å². The number of aliphatic imine (C=N–C) groups is 2. The minimum absolute atomic E-state index is 0.865. The van der Waals surface area contributed by atoms with Gasteiger partial charge in [-0.2, -0.15) is 0 Å². The van der Waals surface area contributed by atoms with Crippen molar-refractivity contribution in [1.29, 1.82) is 0 Å². The number of hydrogen-bond donors (Lipinski definition) is 0. The maximum absolute atomic E-state index is 6.06. The monoisotopic (exact) mass is 766 g/mol. The van der Waals surface area contributed by atoms with E-state index in [9.17, 15) is 0 Å². The lowest BCUT2D eigenvalue weighted by Gasteiger charge is -2.31. The molecule has 4 heteroatoms. The Morgan fingerprint density at radius 3 is 1.68 bits per heavy atom. The van der Waals surface area contributed by atoms with Gasteiger partial charge < -0.3 is 0 Å². The Kier molecular flexibility index (Phi) is 7.14. The molecule has 0 unspecified atom stereocenters. The van der Waals surface area contributed by atoms with Gasteiger partial charge in [0, 0.05) is 33.4 Å². The van der Waals surface area contributed by atoms with Crippen LogP contribution in [-0.4, -0.2) is 21.0 Å². The van der Waals surface area contributed by atoms with Crippen LogP contribution in [0, 0.1) is 0 Å². The van der Waals surface area contributed by atoms with Crippen LogP contribution in [-0.2, 0) is 31.5 Å². The minimum Gasteiger partial charge on any atom is -0.275 e. The number of imidazole rings is 1. The van der Waals surface area contributed by atoms with E-state index in [-0.39, 0.29) is 0 Å². The predicted octanol–water partition coefficient (Wildman–Crippen LogP) is 12.6. The molecule has 1 spiro atoms. The quantitative estimate of drug-likeness (QED) is 0.165. The summed E-state index contributed by atoms with van der Waals surface area (Å²) in [6.07, 6.45) is 3.60. The summed E-state index contributed by atoms with van der Waals surface area (Å²) in [6.45, 7) is 0. The number of aryl methyl sites for hydroxylation is 4. The number of rotatable bonds is 4. The molecule has 1 aromatic heterocycles. The second kappa shape index (κ2) is 12.8. The second-order valence-corrected chi connectivity index (χ2v) is 16.6. The summed E-state index contributed by atoms with van der Waals surface area (Å²) < 4.78 is 2.44. The van der Waals surface area contributed by atoms with E-state index in [1.165, 1.54) is 54.6 Å². The lowest BCUT2D eigenvalue weighted by Crippen LogP contribution is -2.32. The average Bonchev–Trinajstić information content (AvgIpc) is 3.91. The molecule has 3 aliphatic rings. The highest BCUT2D eigenvalue weighted by Gasteiger charge is 2.47. The number of nitrogens with zero attached hydrogens (tertiary/aromatic N) is 4. The number of fused-ring (bicyclic) bond motifs is 2. The second-order valence-electron chi connectivity index (χ2n) is 16.6. The van der Waals surface area contributed by atoms with Crippen LogP contribution in [0.25, 0.3) is 66.2 Å². The Balaban J connectivity index is 1.24. The highest BCUT2D eigenvalue weighted by Crippen LogP contribution is 2.51. The molecule has 0 N–H and O–H groups in total. The van der Waals surface area contributed by atoms with E-state index >= 15 is 0 Å². The third-order valence-electron chi connectivity index (χ3n) is 13.2. The average molecular weight is 767 g/mol. The van der Waals surface area contributed by atoms with Crippen LogP contribution in [0.4, 0.5) is 0 Å². The first-order chi connectivity index (χ1) is 29.7. The lowest BCUT2D eigenvalue weighted by atomic mass is 9.89. The molecule has 9 aromatic carbocycles. The fourth-order valence-electron chi connectivity index (χ4n) is 10.3. The van der Waals surface area contributed by atoms with Crippen molar-refractivity contribution in [3.05, 3.63) is 221 Å².